The third-order valence-electron chi connectivity index (χ3n) is 26.8. The van der Waals surface area contributed by atoms with Crippen LogP contribution < -0.4 is 0 Å². The summed E-state index contributed by atoms with van der Waals surface area (Å²) in [5.74, 6) is 19.3. The summed E-state index contributed by atoms with van der Waals surface area (Å²) in [5.41, 5.74) is 14.4. The van der Waals surface area contributed by atoms with Crippen LogP contribution >= 0.6 is 0 Å². The average Bonchev–Trinajstić information content (AvgIpc) is 4.34. The molecule has 2 spiro atoms. The summed E-state index contributed by atoms with van der Waals surface area (Å²) in [7, 11) is 0. The van der Waals surface area contributed by atoms with E-state index >= 15 is 0 Å². The minimum absolute atomic E-state index is 0.640. The average molecular weight is 949 g/mol. The summed E-state index contributed by atoms with van der Waals surface area (Å²) in [6.07, 6.45) is 38.3. The highest BCUT2D eigenvalue weighted by Gasteiger charge is 2.70. The van der Waals surface area contributed by atoms with Crippen LogP contribution in [0.15, 0.2) is 109 Å². The molecule has 0 aromatic heterocycles. The SMILES string of the molecule is C1CC2CCC3CCCC4CC5CC34C2C5C1.C1CC2CCCC3C2C(C1)C1CCCC2CC4CC3C21C4.c1ccc2c(c1)C1CC2c2cc3ccccc3cc21.c1ccc2c(c1)C1CC2c2ccccc21. The Morgan fingerprint density at radius 1 is 0.319 bits per heavy atom. The van der Waals surface area contributed by atoms with E-state index < -0.39 is 0 Å². The molecule has 20 rings (SSSR count). The zero-order chi connectivity index (χ0) is 46.9. The summed E-state index contributed by atoms with van der Waals surface area (Å²) in [4.78, 5) is 0. The molecule has 0 amide bonds. The van der Waals surface area contributed by atoms with Gasteiger partial charge in [0.2, 0.25) is 0 Å². The van der Waals surface area contributed by atoms with Crippen LogP contribution in [-0.4, -0.2) is 0 Å². The third kappa shape index (κ3) is 6.00. The van der Waals surface area contributed by atoms with Crippen LogP contribution in [0.1, 0.15) is 222 Å². The smallest absolute Gasteiger partial charge is 0.0104 e. The minimum Gasteiger partial charge on any atom is -0.0620 e. The van der Waals surface area contributed by atoms with E-state index in [1.54, 1.807) is 186 Å². The van der Waals surface area contributed by atoms with E-state index in [0.29, 0.717) is 23.7 Å². The van der Waals surface area contributed by atoms with Crippen molar-refractivity contribution in [2.24, 2.45) is 93.7 Å². The van der Waals surface area contributed by atoms with Gasteiger partial charge in [-0.25, -0.2) is 0 Å². The highest BCUT2D eigenvalue weighted by molar-refractivity contribution is 5.86. The Hall–Kier alpha value is -3.64. The van der Waals surface area contributed by atoms with E-state index in [2.05, 4.69) is 109 Å². The van der Waals surface area contributed by atoms with Gasteiger partial charge in [0.05, 0.1) is 0 Å². The molecule has 5 aromatic carbocycles. The van der Waals surface area contributed by atoms with Gasteiger partial charge in [0.15, 0.2) is 0 Å². The molecule has 0 heteroatoms. The van der Waals surface area contributed by atoms with Crippen LogP contribution in [0.4, 0.5) is 0 Å². The molecular weight excluding hydrogens is 865 g/mol. The fraction of sp³-hybridized carbons (Fsp3) is 0.611. The van der Waals surface area contributed by atoms with Gasteiger partial charge in [-0.2, -0.15) is 0 Å². The van der Waals surface area contributed by atoms with Gasteiger partial charge in [0.1, 0.15) is 0 Å². The van der Waals surface area contributed by atoms with Crippen molar-refractivity contribution < 1.29 is 0 Å². The molecule has 15 aliphatic carbocycles. The first-order valence-corrected chi connectivity index (χ1v) is 31.4. The number of rotatable bonds is 0. The lowest BCUT2D eigenvalue weighted by Gasteiger charge is -2.65. The van der Waals surface area contributed by atoms with E-state index in [4.69, 9.17) is 0 Å². The van der Waals surface area contributed by atoms with Crippen molar-refractivity contribution in [3.63, 3.8) is 0 Å². The zero-order valence-corrected chi connectivity index (χ0v) is 43.8. The maximum Gasteiger partial charge on any atom is 0.0104 e. The predicted molar refractivity (Wildman–Crippen MR) is 295 cm³/mol. The largest absolute Gasteiger partial charge is 0.0620 e. The van der Waals surface area contributed by atoms with Crippen molar-refractivity contribution in [3.05, 3.63) is 154 Å². The fourth-order valence-electron chi connectivity index (χ4n) is 25.2. The second kappa shape index (κ2) is 16.4. The Labute approximate surface area is 433 Å². The molecule has 0 aliphatic heterocycles. The van der Waals surface area contributed by atoms with Crippen LogP contribution in [0, 0.1) is 93.7 Å². The second-order valence-corrected chi connectivity index (χ2v) is 28.5. The van der Waals surface area contributed by atoms with Gasteiger partial charge in [-0.1, -0.05) is 161 Å². The summed E-state index contributed by atoms with van der Waals surface area (Å²) in [5, 5.41) is 2.76. The van der Waals surface area contributed by atoms with Crippen molar-refractivity contribution in [1.29, 1.82) is 0 Å². The van der Waals surface area contributed by atoms with Crippen LogP contribution in [-0.2, 0) is 0 Å². The van der Waals surface area contributed by atoms with Gasteiger partial charge in [-0.3, -0.25) is 0 Å². The van der Waals surface area contributed by atoms with Gasteiger partial charge in [-0.15, -0.1) is 0 Å². The lowest BCUT2D eigenvalue weighted by atomic mass is 9.39. The molecule has 0 N–H and O–H groups in total. The van der Waals surface area contributed by atoms with Crippen LogP contribution in [0.3, 0.4) is 0 Å². The molecule has 72 heavy (non-hydrogen) atoms. The fourth-order valence-corrected chi connectivity index (χ4v) is 25.2. The van der Waals surface area contributed by atoms with Crippen molar-refractivity contribution in [3.8, 4) is 0 Å². The van der Waals surface area contributed by atoms with E-state index in [-0.39, 0.29) is 0 Å². The number of fused-ring (bicyclic) bond motifs is 22. The lowest BCUT2D eigenvalue weighted by Crippen LogP contribution is -2.59. The highest BCUT2D eigenvalue weighted by Crippen LogP contribution is 2.78. The van der Waals surface area contributed by atoms with Crippen molar-refractivity contribution in [2.75, 3.05) is 0 Å². The first-order chi connectivity index (χ1) is 35.6. The molecule has 18 atom stereocenters. The molecule has 372 valence electrons. The molecule has 0 nitrogen and oxygen atoms in total. The van der Waals surface area contributed by atoms with Crippen LogP contribution in [0.5, 0.6) is 0 Å². The van der Waals surface area contributed by atoms with Crippen molar-refractivity contribution in [2.45, 2.75) is 178 Å². The molecule has 15 aliphatic rings. The first kappa shape index (κ1) is 43.6. The first-order valence-electron chi connectivity index (χ1n) is 31.4. The maximum atomic E-state index is 2.42. The molecule has 0 radical (unpaired) electrons. The van der Waals surface area contributed by atoms with Gasteiger partial charge < -0.3 is 0 Å². The standard InChI is InChI=1S/C21H32.C19H14.C17H26.C15H12/c1-4-14-5-2-8-17-19-11-13-10-15-6-3-9-18(21(15,19)12-13)16(7-1)20(14)17;1-2-6-13-10-17-16(9-12(13)5-1)18-11-19(17)15-8-4-3-7-14(15)18;1-3-11-7-8-13-4-2-5-14-9-12-10-17(13,14)16(11)15(12)6-1;1-2-6-11-10(5-1)14-9-15(11)13-8-4-3-7-12(13)14/h13-20H,1-12H2;1-10,18-19H,11H2;11-16H,1-10H2;1-8,14-15H,9H2. The maximum absolute atomic E-state index is 2.42. The molecule has 0 heterocycles. The van der Waals surface area contributed by atoms with E-state index in [1.165, 1.54) is 106 Å². The molecule has 11 saturated carbocycles. The van der Waals surface area contributed by atoms with Gasteiger partial charge in [-0.05, 0) is 252 Å². The van der Waals surface area contributed by atoms with Crippen LogP contribution in [0.2, 0.25) is 0 Å². The summed E-state index contributed by atoms with van der Waals surface area (Å²) < 4.78 is 0. The van der Waals surface area contributed by atoms with Crippen LogP contribution in [0.25, 0.3) is 10.8 Å². The summed E-state index contributed by atoms with van der Waals surface area (Å²) in [6, 6.07) is 40.5. The Kier molecular flexibility index (Phi) is 9.95. The Balaban J connectivity index is 0.0000000802. The van der Waals surface area contributed by atoms with Crippen molar-refractivity contribution >= 4 is 10.8 Å². The molecular formula is C72H84. The molecule has 8 bridgehead atoms. The molecule has 5 aromatic rings. The number of hydrogen-bond acceptors (Lipinski definition) is 0. The molecule has 11 fully saturated rings. The highest BCUT2D eigenvalue weighted by atomic mass is 14.7. The predicted octanol–water partition coefficient (Wildman–Crippen LogP) is 18.8. The zero-order valence-electron chi connectivity index (χ0n) is 43.8. The monoisotopic (exact) mass is 949 g/mol. The number of benzene rings is 5. The van der Waals surface area contributed by atoms with Gasteiger partial charge in [0, 0.05) is 23.7 Å². The quantitative estimate of drug-likeness (QED) is 0.145. The topological polar surface area (TPSA) is 0 Å². The van der Waals surface area contributed by atoms with E-state index in [9.17, 15) is 0 Å². The Morgan fingerprint density at radius 3 is 1.42 bits per heavy atom. The summed E-state index contributed by atoms with van der Waals surface area (Å²) >= 11 is 0. The van der Waals surface area contributed by atoms with Gasteiger partial charge >= 0.3 is 0 Å². The van der Waals surface area contributed by atoms with E-state index in [1.807, 2.05) is 0 Å². The van der Waals surface area contributed by atoms with Crippen molar-refractivity contribution in [1.82, 2.24) is 0 Å². The molecule has 0 saturated heterocycles. The van der Waals surface area contributed by atoms with Gasteiger partial charge in [0.25, 0.3) is 0 Å². The van der Waals surface area contributed by atoms with E-state index in [0.717, 1.165) is 10.8 Å². The third-order valence-corrected chi connectivity index (χ3v) is 26.8. The number of hydrogen-bond donors (Lipinski definition) is 0. The molecule has 18 unspecified atom stereocenters. The Bertz CT molecular complexity index is 2750. The summed E-state index contributed by atoms with van der Waals surface area (Å²) in [6.45, 7) is 0. The Morgan fingerprint density at radius 2 is 0.806 bits per heavy atom. The minimum atomic E-state index is 0.640. The lowest BCUT2D eigenvalue weighted by molar-refractivity contribution is -0.169. The second-order valence-electron chi connectivity index (χ2n) is 28.5. The normalized spacial score (nSPS) is 44.8.